The first-order valence-corrected chi connectivity index (χ1v) is 10.6. The van der Waals surface area contributed by atoms with E-state index in [2.05, 4.69) is 6.92 Å². The Kier molecular flexibility index (Phi) is 5.60. The fourth-order valence-electron chi connectivity index (χ4n) is 4.64. The van der Waals surface area contributed by atoms with Gasteiger partial charge in [0.15, 0.2) is 6.61 Å². The van der Waals surface area contributed by atoms with Crippen molar-refractivity contribution in [2.75, 3.05) is 13.2 Å². The molecule has 1 aliphatic carbocycles. The predicted octanol–water partition coefficient (Wildman–Crippen LogP) is 4.06. The lowest BCUT2D eigenvalue weighted by Crippen LogP contribution is -2.45. The van der Waals surface area contributed by atoms with Gasteiger partial charge in [-0.05, 0) is 63.0 Å². The van der Waals surface area contributed by atoms with E-state index in [-0.39, 0.29) is 18.6 Å². The van der Waals surface area contributed by atoms with Gasteiger partial charge in [0.1, 0.15) is 0 Å². The predicted molar refractivity (Wildman–Crippen MR) is 108 cm³/mol. The van der Waals surface area contributed by atoms with Gasteiger partial charge in [-0.25, -0.2) is 4.79 Å². The van der Waals surface area contributed by atoms with Crippen LogP contribution in [0.3, 0.4) is 0 Å². The summed E-state index contributed by atoms with van der Waals surface area (Å²) in [7, 11) is 0. The standard InChI is InChI=1S/C23H28N2O3/c1-2-16-9-7-8-14-25(16)21(26)15-28-23(27)22-17-10-3-5-12-19(17)24-20-13-6-4-11-18(20)22/h3,5,10,12,16H,2,4,6-9,11,13-15H2,1H3/t16-/m0/s1. The fourth-order valence-corrected chi connectivity index (χ4v) is 4.64. The van der Waals surface area contributed by atoms with E-state index in [9.17, 15) is 9.59 Å². The highest BCUT2D eigenvalue weighted by atomic mass is 16.5. The number of hydrogen-bond donors (Lipinski definition) is 0. The van der Waals surface area contributed by atoms with Gasteiger partial charge in [-0.2, -0.15) is 0 Å². The quantitative estimate of drug-likeness (QED) is 0.751. The second-order valence-electron chi connectivity index (χ2n) is 7.86. The summed E-state index contributed by atoms with van der Waals surface area (Å²) >= 11 is 0. The highest BCUT2D eigenvalue weighted by Crippen LogP contribution is 2.30. The van der Waals surface area contributed by atoms with Crippen LogP contribution in [0.5, 0.6) is 0 Å². The number of rotatable bonds is 4. The van der Waals surface area contributed by atoms with E-state index in [4.69, 9.17) is 9.72 Å². The van der Waals surface area contributed by atoms with E-state index < -0.39 is 5.97 Å². The number of carbonyl (C=O) groups excluding carboxylic acids is 2. The minimum Gasteiger partial charge on any atom is -0.452 e. The summed E-state index contributed by atoms with van der Waals surface area (Å²) in [6.07, 6.45) is 8.06. The summed E-state index contributed by atoms with van der Waals surface area (Å²) < 4.78 is 5.55. The number of esters is 1. The molecule has 0 spiro atoms. The van der Waals surface area contributed by atoms with Crippen LogP contribution in [0.2, 0.25) is 0 Å². The Labute approximate surface area is 166 Å². The van der Waals surface area contributed by atoms with Gasteiger partial charge in [-0.15, -0.1) is 0 Å². The van der Waals surface area contributed by atoms with Crippen molar-refractivity contribution < 1.29 is 14.3 Å². The first-order valence-electron chi connectivity index (χ1n) is 10.6. The van der Waals surface area contributed by atoms with Crippen LogP contribution in [-0.2, 0) is 22.4 Å². The third-order valence-corrected chi connectivity index (χ3v) is 6.12. The number of benzene rings is 1. The van der Waals surface area contributed by atoms with Gasteiger partial charge in [-0.1, -0.05) is 25.1 Å². The van der Waals surface area contributed by atoms with Gasteiger partial charge < -0.3 is 9.64 Å². The molecule has 2 heterocycles. The van der Waals surface area contributed by atoms with Crippen molar-refractivity contribution in [1.82, 2.24) is 9.88 Å². The van der Waals surface area contributed by atoms with E-state index in [1.165, 1.54) is 0 Å². The number of hydrogen-bond acceptors (Lipinski definition) is 4. The zero-order valence-corrected chi connectivity index (χ0v) is 16.6. The van der Waals surface area contributed by atoms with E-state index >= 15 is 0 Å². The third-order valence-electron chi connectivity index (χ3n) is 6.12. The molecule has 2 aromatic rings. The maximum absolute atomic E-state index is 13.0. The second kappa shape index (κ2) is 8.29. The molecule has 0 saturated carbocycles. The minimum atomic E-state index is -0.393. The summed E-state index contributed by atoms with van der Waals surface area (Å²) in [6.45, 7) is 2.70. The zero-order valence-electron chi connectivity index (χ0n) is 16.6. The van der Waals surface area contributed by atoms with Crippen molar-refractivity contribution in [3.8, 4) is 0 Å². The SMILES string of the molecule is CC[C@H]1CCCCN1C(=O)COC(=O)c1c2c(nc3ccccc13)CCCC2. The molecular formula is C23H28N2O3. The Bertz CT molecular complexity index is 893. The number of para-hydroxylation sites is 1. The van der Waals surface area contributed by atoms with Crippen LogP contribution in [0, 0.1) is 0 Å². The number of fused-ring (bicyclic) bond motifs is 2. The molecule has 1 amide bonds. The molecular weight excluding hydrogens is 352 g/mol. The van der Waals surface area contributed by atoms with Crippen molar-refractivity contribution in [2.24, 2.45) is 0 Å². The third kappa shape index (κ3) is 3.62. The fraction of sp³-hybridized carbons (Fsp3) is 0.522. The number of aryl methyl sites for hydroxylation is 1. The van der Waals surface area contributed by atoms with Gasteiger partial charge in [0.2, 0.25) is 0 Å². The van der Waals surface area contributed by atoms with Crippen LogP contribution in [0.25, 0.3) is 10.9 Å². The summed E-state index contributed by atoms with van der Waals surface area (Å²) in [5.41, 5.74) is 3.44. The average molecular weight is 380 g/mol. The van der Waals surface area contributed by atoms with Crippen molar-refractivity contribution in [3.05, 3.63) is 41.1 Å². The molecule has 0 N–H and O–H groups in total. The maximum Gasteiger partial charge on any atom is 0.339 e. The first kappa shape index (κ1) is 18.9. The Balaban J connectivity index is 1.56. The van der Waals surface area contributed by atoms with E-state index in [0.29, 0.717) is 5.56 Å². The molecule has 1 fully saturated rings. The van der Waals surface area contributed by atoms with Gasteiger partial charge in [0, 0.05) is 23.7 Å². The number of aromatic nitrogens is 1. The average Bonchev–Trinajstić information content (AvgIpc) is 2.75. The lowest BCUT2D eigenvalue weighted by molar-refractivity contribution is -0.138. The largest absolute Gasteiger partial charge is 0.452 e. The number of nitrogens with zero attached hydrogens (tertiary/aromatic N) is 2. The molecule has 5 nitrogen and oxygen atoms in total. The van der Waals surface area contributed by atoms with Crippen molar-refractivity contribution >= 4 is 22.8 Å². The zero-order chi connectivity index (χ0) is 19.5. The monoisotopic (exact) mass is 380 g/mol. The molecule has 2 aliphatic rings. The summed E-state index contributed by atoms with van der Waals surface area (Å²) in [6, 6.07) is 7.99. The topological polar surface area (TPSA) is 59.5 Å². The van der Waals surface area contributed by atoms with Gasteiger partial charge in [-0.3, -0.25) is 9.78 Å². The maximum atomic E-state index is 13.0. The molecule has 1 aliphatic heterocycles. The molecule has 0 unspecified atom stereocenters. The number of carbonyl (C=O) groups is 2. The first-order chi connectivity index (χ1) is 13.7. The Morgan fingerprint density at radius 3 is 2.82 bits per heavy atom. The molecule has 4 rings (SSSR count). The Hall–Kier alpha value is -2.43. The normalized spacial score (nSPS) is 19.3. The molecule has 1 atom stereocenters. The molecule has 28 heavy (non-hydrogen) atoms. The number of likely N-dealkylation sites (tertiary alicyclic amines) is 1. The van der Waals surface area contributed by atoms with E-state index in [1.54, 1.807) is 0 Å². The summed E-state index contributed by atoms with van der Waals surface area (Å²) in [5.74, 6) is -0.470. The molecule has 1 aromatic heterocycles. The number of amides is 1. The van der Waals surface area contributed by atoms with Crippen LogP contribution < -0.4 is 0 Å². The van der Waals surface area contributed by atoms with E-state index in [0.717, 1.165) is 80.1 Å². The highest BCUT2D eigenvalue weighted by Gasteiger charge is 2.28. The molecule has 1 aromatic carbocycles. The minimum absolute atomic E-state index is 0.0767. The van der Waals surface area contributed by atoms with Crippen molar-refractivity contribution in [3.63, 3.8) is 0 Å². The van der Waals surface area contributed by atoms with Gasteiger partial charge in [0.05, 0.1) is 11.1 Å². The lowest BCUT2D eigenvalue weighted by Gasteiger charge is -2.35. The van der Waals surface area contributed by atoms with Crippen LogP contribution in [0.15, 0.2) is 24.3 Å². The van der Waals surface area contributed by atoms with Crippen LogP contribution in [0.4, 0.5) is 0 Å². The molecule has 1 saturated heterocycles. The summed E-state index contributed by atoms with van der Waals surface area (Å²) in [5, 5.41) is 0.824. The van der Waals surface area contributed by atoms with Gasteiger partial charge >= 0.3 is 5.97 Å². The number of ether oxygens (including phenoxy) is 1. The second-order valence-corrected chi connectivity index (χ2v) is 7.86. The lowest BCUT2D eigenvalue weighted by atomic mass is 9.90. The van der Waals surface area contributed by atoms with Crippen molar-refractivity contribution in [2.45, 2.75) is 64.3 Å². The smallest absolute Gasteiger partial charge is 0.339 e. The highest BCUT2D eigenvalue weighted by molar-refractivity contribution is 6.05. The molecule has 5 heteroatoms. The Morgan fingerprint density at radius 1 is 1.14 bits per heavy atom. The van der Waals surface area contributed by atoms with Crippen molar-refractivity contribution in [1.29, 1.82) is 0 Å². The number of piperidine rings is 1. The molecule has 0 bridgehead atoms. The summed E-state index contributed by atoms with van der Waals surface area (Å²) in [4.78, 5) is 32.4. The number of pyridine rings is 1. The van der Waals surface area contributed by atoms with Crippen LogP contribution in [-0.4, -0.2) is 41.0 Å². The van der Waals surface area contributed by atoms with E-state index in [1.807, 2.05) is 29.2 Å². The van der Waals surface area contributed by atoms with Crippen LogP contribution >= 0.6 is 0 Å². The van der Waals surface area contributed by atoms with Crippen LogP contribution in [0.1, 0.15) is 67.1 Å². The molecule has 148 valence electrons. The van der Waals surface area contributed by atoms with Gasteiger partial charge in [0.25, 0.3) is 5.91 Å². The molecule has 0 radical (unpaired) electrons. The Morgan fingerprint density at radius 2 is 1.96 bits per heavy atom.